The Morgan fingerprint density at radius 3 is 2.59 bits per heavy atom. The number of alkyl halides is 3. The molecule has 0 unspecified atom stereocenters. The average molecular weight is 581 g/mol. The van der Waals surface area contributed by atoms with Crippen molar-refractivity contribution in [1.82, 2.24) is 10.3 Å². The molecule has 2 saturated carbocycles. The molecule has 2 aliphatic carbocycles. The molecule has 2 aromatic rings. The Kier molecular flexibility index (Phi) is 7.67. The number of amidine groups is 1. The molecule has 1 saturated heterocycles. The highest BCUT2D eigenvalue weighted by Crippen LogP contribution is 2.41. The number of aliphatic carboxylic acids is 1. The van der Waals surface area contributed by atoms with Gasteiger partial charge in [0.15, 0.2) is 10.3 Å². The Bertz CT molecular complexity index is 1350. The van der Waals surface area contributed by atoms with Crippen molar-refractivity contribution in [2.75, 3.05) is 4.90 Å². The fourth-order valence-electron chi connectivity index (χ4n) is 4.36. The molecule has 206 valence electrons. The summed E-state index contributed by atoms with van der Waals surface area (Å²) in [6.45, 7) is 0. The molecule has 0 atom stereocenters. The third-order valence-electron chi connectivity index (χ3n) is 6.53. The number of halogens is 3. The first-order valence-corrected chi connectivity index (χ1v) is 13.8. The lowest BCUT2D eigenvalue weighted by Crippen LogP contribution is -2.27. The molecule has 5 rings (SSSR count). The van der Waals surface area contributed by atoms with E-state index in [4.69, 9.17) is 9.84 Å². The van der Waals surface area contributed by atoms with Crippen LogP contribution >= 0.6 is 23.1 Å². The molecule has 0 radical (unpaired) electrons. The maximum absolute atomic E-state index is 13.9. The van der Waals surface area contributed by atoms with Gasteiger partial charge in [0.1, 0.15) is 5.75 Å². The lowest BCUT2D eigenvalue weighted by molar-refractivity contribution is -0.143. The van der Waals surface area contributed by atoms with Gasteiger partial charge in [-0.25, -0.2) is 9.98 Å². The van der Waals surface area contributed by atoms with Crippen LogP contribution in [0.5, 0.6) is 5.75 Å². The second-order valence-corrected chi connectivity index (χ2v) is 11.4. The second-order valence-electron chi connectivity index (χ2n) is 9.38. The van der Waals surface area contributed by atoms with E-state index < -0.39 is 29.5 Å². The SMILES string of the molecule is O=CN(c1ncc(/C=C2\SC(=Nc3ccc(OC4CCC(C(=O)O)CC4)cc3C(F)(F)F)NC2=O)s1)C1CC1. The summed E-state index contributed by atoms with van der Waals surface area (Å²) in [7, 11) is 0. The fraction of sp³-hybridized carbons (Fsp3) is 0.400. The van der Waals surface area contributed by atoms with Crippen molar-refractivity contribution < 1.29 is 37.4 Å². The number of carboxylic acid groups (broad SMARTS) is 1. The van der Waals surface area contributed by atoms with E-state index in [0.717, 1.165) is 37.1 Å². The van der Waals surface area contributed by atoms with Crippen LogP contribution in [0.25, 0.3) is 6.08 Å². The van der Waals surface area contributed by atoms with E-state index in [9.17, 15) is 27.6 Å². The zero-order valence-corrected chi connectivity index (χ0v) is 21.9. The van der Waals surface area contributed by atoms with Crippen LogP contribution in [0, 0.1) is 5.92 Å². The highest BCUT2D eigenvalue weighted by molar-refractivity contribution is 8.18. The fourth-order valence-corrected chi connectivity index (χ4v) is 6.15. The number of carbonyl (C=O) groups excluding carboxylic acids is 2. The van der Waals surface area contributed by atoms with E-state index in [0.29, 0.717) is 35.7 Å². The number of thioether (sulfide) groups is 1. The van der Waals surface area contributed by atoms with Crippen LogP contribution < -0.4 is 15.0 Å². The molecule has 1 aliphatic heterocycles. The largest absolute Gasteiger partial charge is 0.490 e. The summed E-state index contributed by atoms with van der Waals surface area (Å²) in [5.41, 5.74) is -1.39. The van der Waals surface area contributed by atoms with E-state index in [1.54, 1.807) is 11.0 Å². The van der Waals surface area contributed by atoms with Crippen LogP contribution in [0.1, 0.15) is 49.0 Å². The molecular weight excluding hydrogens is 557 g/mol. The van der Waals surface area contributed by atoms with Crippen LogP contribution in [0.3, 0.4) is 0 Å². The van der Waals surface area contributed by atoms with Crippen molar-refractivity contribution in [2.45, 2.75) is 56.8 Å². The van der Waals surface area contributed by atoms with Gasteiger partial charge in [-0.15, -0.1) is 0 Å². The van der Waals surface area contributed by atoms with Crippen molar-refractivity contribution in [3.8, 4) is 5.75 Å². The van der Waals surface area contributed by atoms with E-state index in [1.165, 1.54) is 29.7 Å². The van der Waals surface area contributed by atoms with Crippen LogP contribution in [-0.2, 0) is 20.6 Å². The van der Waals surface area contributed by atoms with Gasteiger partial charge in [0, 0.05) is 12.2 Å². The van der Waals surface area contributed by atoms with Gasteiger partial charge in [0.2, 0.25) is 6.41 Å². The van der Waals surface area contributed by atoms with Gasteiger partial charge in [-0.1, -0.05) is 11.3 Å². The minimum atomic E-state index is -4.73. The molecule has 3 fully saturated rings. The third-order valence-corrected chi connectivity index (χ3v) is 8.40. The molecule has 2 heterocycles. The number of aliphatic imine (C=N–C) groups is 1. The summed E-state index contributed by atoms with van der Waals surface area (Å²) < 4.78 is 47.4. The zero-order valence-electron chi connectivity index (χ0n) is 20.3. The van der Waals surface area contributed by atoms with Gasteiger partial charge in [-0.05, 0) is 74.6 Å². The Labute approximate surface area is 229 Å². The van der Waals surface area contributed by atoms with Gasteiger partial charge in [-0.2, -0.15) is 13.2 Å². The van der Waals surface area contributed by atoms with Crippen molar-refractivity contribution in [3.05, 3.63) is 39.7 Å². The minimum Gasteiger partial charge on any atom is -0.490 e. The number of anilines is 1. The first-order valence-electron chi connectivity index (χ1n) is 12.2. The molecule has 0 bridgehead atoms. The summed E-state index contributed by atoms with van der Waals surface area (Å²) in [5.74, 6) is -1.82. The topological polar surface area (TPSA) is 121 Å². The normalized spacial score (nSPS) is 23.6. The molecule has 9 nitrogen and oxygen atoms in total. The van der Waals surface area contributed by atoms with Crippen molar-refractivity contribution >= 4 is 63.4 Å². The van der Waals surface area contributed by atoms with E-state index in [1.807, 2.05) is 0 Å². The molecule has 1 aromatic carbocycles. The summed E-state index contributed by atoms with van der Waals surface area (Å²) in [6, 6.07) is 3.58. The Hall–Kier alpha value is -3.39. The maximum Gasteiger partial charge on any atom is 0.418 e. The predicted molar refractivity (Wildman–Crippen MR) is 140 cm³/mol. The molecular formula is C25H23F3N4O5S2. The van der Waals surface area contributed by atoms with Crippen molar-refractivity contribution in [3.63, 3.8) is 0 Å². The first kappa shape index (κ1) is 27.2. The third kappa shape index (κ3) is 6.44. The lowest BCUT2D eigenvalue weighted by atomic mass is 9.87. The van der Waals surface area contributed by atoms with E-state index in [-0.39, 0.29) is 33.7 Å². The number of nitrogens with zero attached hydrogens (tertiary/aromatic N) is 3. The quantitative estimate of drug-likeness (QED) is 0.325. The number of benzene rings is 1. The molecule has 3 aliphatic rings. The number of ether oxygens (including phenoxy) is 1. The number of rotatable bonds is 8. The molecule has 2 N–H and O–H groups in total. The average Bonchev–Trinajstić information content (AvgIpc) is 3.52. The number of carboxylic acids is 1. The molecule has 0 spiro atoms. The first-order chi connectivity index (χ1) is 18.6. The standard InChI is InChI=1S/C25H23F3N4O5S2/c26-25(27,28)18-9-16(37-15-5-1-13(2-6-15)22(35)36)7-8-19(18)30-23-31-21(34)20(39-23)10-17-11-29-24(38-17)32(12-33)14-3-4-14/h7-15H,1-6H2,(H,35,36)(H,30,31,34)/b20-10-. The van der Waals surface area contributed by atoms with E-state index >= 15 is 0 Å². The second kappa shape index (κ2) is 11.0. The van der Waals surface area contributed by atoms with E-state index in [2.05, 4.69) is 15.3 Å². The van der Waals surface area contributed by atoms with Crippen LogP contribution in [-0.4, -0.2) is 45.7 Å². The summed E-state index contributed by atoms with van der Waals surface area (Å²) in [6.07, 6.45) is 2.23. The Morgan fingerprint density at radius 1 is 1.21 bits per heavy atom. The smallest absolute Gasteiger partial charge is 0.418 e. The number of thiazole rings is 1. The summed E-state index contributed by atoms with van der Waals surface area (Å²) in [4.78, 5) is 45.6. The molecule has 14 heteroatoms. The number of amides is 2. The molecule has 39 heavy (non-hydrogen) atoms. The summed E-state index contributed by atoms with van der Waals surface area (Å²) in [5, 5.41) is 12.1. The Balaban J connectivity index is 1.30. The van der Waals surface area contributed by atoms with Crippen LogP contribution in [0.15, 0.2) is 34.3 Å². The predicted octanol–water partition coefficient (Wildman–Crippen LogP) is 5.20. The van der Waals surface area contributed by atoms with Gasteiger partial charge >= 0.3 is 12.1 Å². The monoisotopic (exact) mass is 580 g/mol. The lowest BCUT2D eigenvalue weighted by Gasteiger charge is -2.27. The number of hydrogen-bond acceptors (Lipinski definition) is 8. The molecule has 2 amide bonds. The summed E-state index contributed by atoms with van der Waals surface area (Å²) >= 11 is 2.14. The Morgan fingerprint density at radius 2 is 1.95 bits per heavy atom. The number of aromatic nitrogens is 1. The van der Waals surface area contributed by atoms with Crippen molar-refractivity contribution in [2.24, 2.45) is 10.9 Å². The number of nitrogens with one attached hydrogen (secondary N) is 1. The maximum atomic E-state index is 13.9. The van der Waals surface area contributed by atoms with Crippen LogP contribution in [0.2, 0.25) is 0 Å². The highest BCUT2D eigenvalue weighted by Gasteiger charge is 2.36. The van der Waals surface area contributed by atoms with Crippen LogP contribution in [0.4, 0.5) is 24.0 Å². The number of carbonyl (C=O) groups is 3. The van der Waals surface area contributed by atoms with Crippen molar-refractivity contribution in [1.29, 1.82) is 0 Å². The number of hydrogen-bond donors (Lipinski definition) is 2. The minimum absolute atomic E-state index is 0.00496. The highest BCUT2D eigenvalue weighted by atomic mass is 32.2. The zero-order chi connectivity index (χ0) is 27.7. The van der Waals surface area contributed by atoms with Gasteiger partial charge < -0.3 is 15.2 Å². The van der Waals surface area contributed by atoms with Gasteiger partial charge in [0.05, 0.1) is 33.1 Å². The van der Waals surface area contributed by atoms with Gasteiger partial charge in [-0.3, -0.25) is 19.3 Å². The van der Waals surface area contributed by atoms with Gasteiger partial charge in [0.25, 0.3) is 5.91 Å². The molecule has 1 aromatic heterocycles.